The van der Waals surface area contributed by atoms with Crippen molar-refractivity contribution in [1.29, 1.82) is 0 Å². The molecule has 2 aromatic heterocycles. The lowest BCUT2D eigenvalue weighted by molar-refractivity contribution is 0.112. The summed E-state index contributed by atoms with van der Waals surface area (Å²) in [6, 6.07) is 0. The molecule has 0 aliphatic heterocycles. The van der Waals surface area contributed by atoms with Crippen molar-refractivity contribution in [1.82, 2.24) is 15.0 Å². The molecule has 18 heavy (non-hydrogen) atoms. The molecule has 96 valence electrons. The van der Waals surface area contributed by atoms with Crippen LogP contribution in [-0.2, 0) is 6.42 Å². The summed E-state index contributed by atoms with van der Waals surface area (Å²) in [5, 5.41) is 0.868. The van der Waals surface area contributed by atoms with Crippen LogP contribution in [0, 0.1) is 5.92 Å². The molecule has 0 saturated heterocycles. The molecule has 0 aromatic carbocycles. The third-order valence-corrected chi connectivity index (χ3v) is 2.90. The molecule has 0 spiro atoms. The topological polar surface area (TPSA) is 58.6 Å². The Bertz CT molecular complexity index is 570. The maximum absolute atomic E-state index is 11.0. The van der Waals surface area contributed by atoms with Gasteiger partial charge in [0, 0.05) is 18.2 Å². The molecule has 0 amide bonds. The molecule has 0 aliphatic rings. The Balaban J connectivity index is 2.64. The lowest BCUT2D eigenvalue weighted by atomic mass is 10.0. The van der Waals surface area contributed by atoms with Crippen molar-refractivity contribution in [2.24, 2.45) is 5.92 Å². The van der Waals surface area contributed by atoms with E-state index in [0.29, 0.717) is 11.5 Å². The van der Waals surface area contributed by atoms with Crippen LogP contribution in [0.15, 0.2) is 6.20 Å². The number of carbonyl (C=O) groups excluding carboxylic acids is 1. The highest BCUT2D eigenvalue weighted by molar-refractivity contribution is 5.97. The number of rotatable bonds is 4. The van der Waals surface area contributed by atoms with Crippen molar-refractivity contribution < 1.29 is 4.79 Å². The first-order valence-corrected chi connectivity index (χ1v) is 6.36. The SMILES string of the molecule is CC(C)Cc1nc(C(C)C)c2c(C=O)c[nH]c2n1. The summed E-state index contributed by atoms with van der Waals surface area (Å²) in [4.78, 5) is 23.2. The van der Waals surface area contributed by atoms with Crippen LogP contribution in [0.4, 0.5) is 0 Å². The zero-order valence-corrected chi connectivity index (χ0v) is 11.3. The van der Waals surface area contributed by atoms with E-state index in [2.05, 4.69) is 42.6 Å². The Morgan fingerprint density at radius 3 is 2.56 bits per heavy atom. The van der Waals surface area contributed by atoms with Crippen molar-refractivity contribution in [3.05, 3.63) is 23.3 Å². The molecule has 1 N–H and O–H groups in total. The average Bonchev–Trinajstić information content (AvgIpc) is 2.69. The van der Waals surface area contributed by atoms with Gasteiger partial charge in [-0.25, -0.2) is 9.97 Å². The molecule has 4 nitrogen and oxygen atoms in total. The quantitative estimate of drug-likeness (QED) is 0.842. The minimum Gasteiger partial charge on any atom is -0.345 e. The van der Waals surface area contributed by atoms with E-state index in [1.165, 1.54) is 0 Å². The summed E-state index contributed by atoms with van der Waals surface area (Å²) in [6.45, 7) is 8.47. The van der Waals surface area contributed by atoms with E-state index < -0.39 is 0 Å². The predicted molar refractivity (Wildman–Crippen MR) is 71.9 cm³/mol. The van der Waals surface area contributed by atoms with Crippen LogP contribution in [0.3, 0.4) is 0 Å². The monoisotopic (exact) mass is 245 g/mol. The highest BCUT2D eigenvalue weighted by Gasteiger charge is 2.16. The van der Waals surface area contributed by atoms with E-state index in [4.69, 9.17) is 0 Å². The number of hydrogen-bond acceptors (Lipinski definition) is 3. The number of aldehydes is 1. The minimum absolute atomic E-state index is 0.274. The first-order valence-electron chi connectivity index (χ1n) is 6.36. The van der Waals surface area contributed by atoms with Gasteiger partial charge < -0.3 is 4.98 Å². The van der Waals surface area contributed by atoms with Gasteiger partial charge in [-0.05, 0) is 11.8 Å². The van der Waals surface area contributed by atoms with Gasteiger partial charge in [0.05, 0.1) is 11.1 Å². The maximum Gasteiger partial charge on any atom is 0.152 e. The van der Waals surface area contributed by atoms with Gasteiger partial charge in [0.1, 0.15) is 11.5 Å². The summed E-state index contributed by atoms with van der Waals surface area (Å²) in [6.07, 6.45) is 3.42. The molecule has 2 heterocycles. The number of aromatic nitrogens is 3. The van der Waals surface area contributed by atoms with Gasteiger partial charge in [-0.15, -0.1) is 0 Å². The van der Waals surface area contributed by atoms with Gasteiger partial charge in [-0.1, -0.05) is 27.7 Å². The lowest BCUT2D eigenvalue weighted by Crippen LogP contribution is -2.06. The molecule has 0 aliphatic carbocycles. The third-order valence-electron chi connectivity index (χ3n) is 2.90. The number of carbonyl (C=O) groups is 1. The van der Waals surface area contributed by atoms with Crippen LogP contribution in [0.25, 0.3) is 11.0 Å². The fourth-order valence-corrected chi connectivity index (χ4v) is 2.10. The van der Waals surface area contributed by atoms with Crippen LogP contribution < -0.4 is 0 Å². The highest BCUT2D eigenvalue weighted by atomic mass is 16.1. The summed E-state index contributed by atoms with van der Waals surface area (Å²) in [5.74, 6) is 1.64. The van der Waals surface area contributed by atoms with E-state index in [9.17, 15) is 4.79 Å². The Labute approximate surface area is 107 Å². The Kier molecular flexibility index (Phi) is 3.45. The standard InChI is InChI=1S/C14H19N3O/c1-8(2)5-11-16-13(9(3)4)12-10(7-18)6-15-14(12)17-11/h6-9H,5H2,1-4H3,(H,15,16,17). The molecule has 4 heteroatoms. The van der Waals surface area contributed by atoms with Crippen LogP contribution in [-0.4, -0.2) is 21.2 Å². The molecular formula is C14H19N3O. The summed E-state index contributed by atoms with van der Waals surface area (Å²) < 4.78 is 0. The third kappa shape index (κ3) is 2.28. The number of hydrogen-bond donors (Lipinski definition) is 1. The van der Waals surface area contributed by atoms with E-state index in [1.807, 2.05) is 0 Å². The van der Waals surface area contributed by atoms with E-state index >= 15 is 0 Å². The fraction of sp³-hybridized carbons (Fsp3) is 0.500. The number of nitrogens with one attached hydrogen (secondary N) is 1. The fourth-order valence-electron chi connectivity index (χ4n) is 2.10. The minimum atomic E-state index is 0.274. The average molecular weight is 245 g/mol. The second-order valence-electron chi connectivity index (χ2n) is 5.36. The van der Waals surface area contributed by atoms with Gasteiger partial charge in [0.15, 0.2) is 6.29 Å². The predicted octanol–water partition coefficient (Wildman–Crippen LogP) is 3.09. The van der Waals surface area contributed by atoms with Crippen LogP contribution in [0.2, 0.25) is 0 Å². The molecule has 0 atom stereocenters. The number of nitrogens with zero attached hydrogens (tertiary/aromatic N) is 2. The van der Waals surface area contributed by atoms with Crippen molar-refractivity contribution in [3.63, 3.8) is 0 Å². The van der Waals surface area contributed by atoms with Crippen molar-refractivity contribution >= 4 is 17.3 Å². The molecule has 0 bridgehead atoms. The second kappa shape index (κ2) is 4.88. The zero-order valence-electron chi connectivity index (χ0n) is 11.3. The number of aromatic amines is 1. The molecule has 0 radical (unpaired) electrons. The molecule has 0 unspecified atom stereocenters. The molecule has 2 rings (SSSR count). The van der Waals surface area contributed by atoms with Gasteiger partial charge in [0.2, 0.25) is 0 Å². The number of fused-ring (bicyclic) bond motifs is 1. The molecular weight excluding hydrogens is 226 g/mol. The van der Waals surface area contributed by atoms with Crippen molar-refractivity contribution in [2.75, 3.05) is 0 Å². The van der Waals surface area contributed by atoms with Gasteiger partial charge in [-0.2, -0.15) is 0 Å². The largest absolute Gasteiger partial charge is 0.345 e. The van der Waals surface area contributed by atoms with E-state index in [0.717, 1.165) is 35.3 Å². The summed E-state index contributed by atoms with van der Waals surface area (Å²) in [5.41, 5.74) is 2.37. The molecule has 0 saturated carbocycles. The van der Waals surface area contributed by atoms with Gasteiger partial charge in [0.25, 0.3) is 0 Å². The van der Waals surface area contributed by atoms with Gasteiger partial charge in [-0.3, -0.25) is 4.79 Å². The Morgan fingerprint density at radius 2 is 2.00 bits per heavy atom. The highest BCUT2D eigenvalue weighted by Crippen LogP contribution is 2.25. The Hall–Kier alpha value is -1.71. The summed E-state index contributed by atoms with van der Waals surface area (Å²) >= 11 is 0. The smallest absolute Gasteiger partial charge is 0.152 e. The van der Waals surface area contributed by atoms with Crippen LogP contribution >= 0.6 is 0 Å². The van der Waals surface area contributed by atoms with Crippen LogP contribution in [0.5, 0.6) is 0 Å². The summed E-state index contributed by atoms with van der Waals surface area (Å²) in [7, 11) is 0. The molecule has 0 fully saturated rings. The van der Waals surface area contributed by atoms with Gasteiger partial charge >= 0.3 is 0 Å². The normalized spacial score (nSPS) is 11.7. The zero-order chi connectivity index (χ0) is 13.3. The van der Waals surface area contributed by atoms with Crippen molar-refractivity contribution in [2.45, 2.75) is 40.0 Å². The lowest BCUT2D eigenvalue weighted by Gasteiger charge is -2.10. The first-order chi connectivity index (χ1) is 8.52. The van der Waals surface area contributed by atoms with E-state index in [-0.39, 0.29) is 5.92 Å². The van der Waals surface area contributed by atoms with E-state index in [1.54, 1.807) is 6.20 Å². The maximum atomic E-state index is 11.0. The first kappa shape index (κ1) is 12.7. The number of H-pyrrole nitrogens is 1. The van der Waals surface area contributed by atoms with Crippen molar-refractivity contribution in [3.8, 4) is 0 Å². The Morgan fingerprint density at radius 1 is 1.28 bits per heavy atom. The molecule has 2 aromatic rings. The second-order valence-corrected chi connectivity index (χ2v) is 5.36. The van der Waals surface area contributed by atoms with Crippen LogP contribution in [0.1, 0.15) is 55.5 Å².